The smallest absolute Gasteiger partial charge is 0.0611 e. The molecule has 14 heavy (non-hydrogen) atoms. The van der Waals surface area contributed by atoms with Gasteiger partial charge in [-0.25, -0.2) is 0 Å². The van der Waals surface area contributed by atoms with Crippen LogP contribution in [0.4, 0.5) is 0 Å². The van der Waals surface area contributed by atoms with Gasteiger partial charge in [0.1, 0.15) is 0 Å². The van der Waals surface area contributed by atoms with E-state index in [4.69, 9.17) is 11.6 Å². The molecular formula is C12H17ClS. The summed E-state index contributed by atoms with van der Waals surface area (Å²) >= 11 is 8.27. The van der Waals surface area contributed by atoms with E-state index in [0.717, 1.165) is 0 Å². The van der Waals surface area contributed by atoms with Crippen LogP contribution >= 0.6 is 23.4 Å². The van der Waals surface area contributed by atoms with Crippen molar-refractivity contribution in [2.75, 3.05) is 12.0 Å². The van der Waals surface area contributed by atoms with Crippen molar-refractivity contribution in [3.05, 3.63) is 35.9 Å². The van der Waals surface area contributed by atoms with Crippen LogP contribution in [0.5, 0.6) is 0 Å². The van der Waals surface area contributed by atoms with Crippen LogP contribution in [-0.4, -0.2) is 12.0 Å². The molecule has 78 valence electrons. The van der Waals surface area contributed by atoms with Gasteiger partial charge in [0.05, 0.1) is 5.38 Å². The number of halogens is 1. The van der Waals surface area contributed by atoms with E-state index in [9.17, 15) is 0 Å². The molecule has 2 heteroatoms. The van der Waals surface area contributed by atoms with E-state index in [2.05, 4.69) is 25.3 Å². The SMILES string of the molecule is CSCCC(C)C(Cl)c1ccccc1. The van der Waals surface area contributed by atoms with E-state index < -0.39 is 0 Å². The lowest BCUT2D eigenvalue weighted by Crippen LogP contribution is -2.04. The molecule has 0 amide bonds. The molecule has 0 saturated carbocycles. The molecule has 1 aromatic carbocycles. The second kappa shape index (κ2) is 6.36. The standard InChI is InChI=1S/C12H17ClS/c1-10(8-9-14-2)12(13)11-6-4-3-5-7-11/h3-7,10,12H,8-9H2,1-2H3. The Morgan fingerprint density at radius 3 is 2.50 bits per heavy atom. The maximum atomic E-state index is 6.38. The summed E-state index contributed by atoms with van der Waals surface area (Å²) in [5.41, 5.74) is 1.24. The van der Waals surface area contributed by atoms with Crippen LogP contribution < -0.4 is 0 Å². The summed E-state index contributed by atoms with van der Waals surface area (Å²) in [7, 11) is 0. The Bertz CT molecular complexity index is 248. The monoisotopic (exact) mass is 228 g/mol. The summed E-state index contributed by atoms with van der Waals surface area (Å²) in [5, 5.41) is 0.156. The van der Waals surface area contributed by atoms with Crippen LogP contribution in [0, 0.1) is 5.92 Å². The topological polar surface area (TPSA) is 0 Å². The average Bonchev–Trinajstić information content (AvgIpc) is 2.26. The van der Waals surface area contributed by atoms with Crippen LogP contribution in [0.1, 0.15) is 24.3 Å². The van der Waals surface area contributed by atoms with Gasteiger partial charge in [-0.2, -0.15) is 11.8 Å². The molecule has 1 rings (SSSR count). The molecule has 0 fully saturated rings. The number of hydrogen-bond acceptors (Lipinski definition) is 1. The summed E-state index contributed by atoms with van der Waals surface area (Å²) < 4.78 is 0. The Morgan fingerprint density at radius 2 is 1.93 bits per heavy atom. The molecule has 0 aromatic heterocycles. The van der Waals surface area contributed by atoms with E-state index in [-0.39, 0.29) is 5.38 Å². The van der Waals surface area contributed by atoms with Gasteiger partial charge in [0.25, 0.3) is 0 Å². The van der Waals surface area contributed by atoms with Gasteiger partial charge in [-0.1, -0.05) is 37.3 Å². The van der Waals surface area contributed by atoms with Crippen molar-refractivity contribution in [2.45, 2.75) is 18.7 Å². The van der Waals surface area contributed by atoms with Gasteiger partial charge < -0.3 is 0 Å². The van der Waals surface area contributed by atoms with E-state index >= 15 is 0 Å². The molecule has 0 heterocycles. The molecule has 0 bridgehead atoms. The quantitative estimate of drug-likeness (QED) is 0.675. The Kier molecular flexibility index (Phi) is 5.42. The van der Waals surface area contributed by atoms with Crippen molar-refractivity contribution in [2.24, 2.45) is 5.92 Å². The number of thioether (sulfide) groups is 1. The Balaban J connectivity index is 2.52. The van der Waals surface area contributed by atoms with Crippen molar-refractivity contribution in [3.63, 3.8) is 0 Å². The summed E-state index contributed by atoms with van der Waals surface area (Å²) in [5.74, 6) is 1.74. The van der Waals surface area contributed by atoms with Gasteiger partial charge in [0, 0.05) is 0 Å². The molecule has 0 radical (unpaired) electrons. The van der Waals surface area contributed by atoms with Crippen molar-refractivity contribution < 1.29 is 0 Å². The van der Waals surface area contributed by atoms with E-state index in [0.29, 0.717) is 5.92 Å². The molecule has 0 N–H and O–H groups in total. The zero-order chi connectivity index (χ0) is 10.4. The van der Waals surface area contributed by atoms with Crippen LogP contribution in [0.25, 0.3) is 0 Å². The van der Waals surface area contributed by atoms with Crippen molar-refractivity contribution >= 4 is 23.4 Å². The molecular weight excluding hydrogens is 212 g/mol. The van der Waals surface area contributed by atoms with Gasteiger partial charge in [-0.3, -0.25) is 0 Å². The summed E-state index contributed by atoms with van der Waals surface area (Å²) in [6.45, 7) is 2.22. The Labute approximate surface area is 96.0 Å². The van der Waals surface area contributed by atoms with E-state index in [1.165, 1.54) is 17.7 Å². The first-order valence-corrected chi connectivity index (χ1v) is 6.76. The first-order valence-electron chi connectivity index (χ1n) is 4.93. The molecule has 0 spiro atoms. The normalized spacial score (nSPS) is 15.1. The van der Waals surface area contributed by atoms with Crippen molar-refractivity contribution in [1.29, 1.82) is 0 Å². The third kappa shape index (κ3) is 3.55. The number of benzene rings is 1. The summed E-state index contributed by atoms with van der Waals surface area (Å²) in [6, 6.07) is 10.3. The van der Waals surface area contributed by atoms with Crippen LogP contribution in [0.15, 0.2) is 30.3 Å². The highest BCUT2D eigenvalue weighted by atomic mass is 35.5. The van der Waals surface area contributed by atoms with E-state index in [1.54, 1.807) is 0 Å². The van der Waals surface area contributed by atoms with Crippen LogP contribution in [0.3, 0.4) is 0 Å². The van der Waals surface area contributed by atoms with Crippen molar-refractivity contribution in [1.82, 2.24) is 0 Å². The van der Waals surface area contributed by atoms with Crippen molar-refractivity contribution in [3.8, 4) is 0 Å². The summed E-state index contributed by atoms with van der Waals surface area (Å²) in [6.07, 6.45) is 3.32. The maximum Gasteiger partial charge on any atom is 0.0611 e. The van der Waals surface area contributed by atoms with Gasteiger partial charge in [-0.15, -0.1) is 11.6 Å². The molecule has 0 aliphatic heterocycles. The third-order valence-electron chi connectivity index (χ3n) is 2.39. The highest BCUT2D eigenvalue weighted by Crippen LogP contribution is 2.31. The van der Waals surface area contributed by atoms with Gasteiger partial charge in [-0.05, 0) is 29.9 Å². The second-order valence-electron chi connectivity index (χ2n) is 3.57. The lowest BCUT2D eigenvalue weighted by Gasteiger charge is -2.17. The minimum atomic E-state index is 0.156. The molecule has 0 aliphatic carbocycles. The highest BCUT2D eigenvalue weighted by molar-refractivity contribution is 7.98. The molecule has 0 saturated heterocycles. The molecule has 1 aromatic rings. The zero-order valence-corrected chi connectivity index (χ0v) is 10.3. The van der Waals surface area contributed by atoms with Crippen LogP contribution in [-0.2, 0) is 0 Å². The fourth-order valence-electron chi connectivity index (χ4n) is 1.42. The van der Waals surface area contributed by atoms with E-state index in [1.807, 2.05) is 30.0 Å². The fraction of sp³-hybridized carbons (Fsp3) is 0.500. The predicted octanol–water partition coefficient (Wildman–Crippen LogP) is 4.36. The molecule has 2 unspecified atom stereocenters. The van der Waals surface area contributed by atoms with Gasteiger partial charge in [0.15, 0.2) is 0 Å². The van der Waals surface area contributed by atoms with Crippen LogP contribution in [0.2, 0.25) is 0 Å². The molecule has 0 nitrogen and oxygen atoms in total. The zero-order valence-electron chi connectivity index (χ0n) is 8.74. The largest absolute Gasteiger partial charge is 0.165 e. The number of alkyl halides is 1. The second-order valence-corrected chi connectivity index (χ2v) is 5.03. The predicted molar refractivity (Wildman–Crippen MR) is 67.2 cm³/mol. The lowest BCUT2D eigenvalue weighted by molar-refractivity contribution is 0.547. The first kappa shape index (κ1) is 11.9. The maximum absolute atomic E-state index is 6.38. The average molecular weight is 229 g/mol. The Hall–Kier alpha value is -0.140. The number of hydrogen-bond donors (Lipinski definition) is 0. The molecule has 2 atom stereocenters. The van der Waals surface area contributed by atoms with Gasteiger partial charge in [0.2, 0.25) is 0 Å². The van der Waals surface area contributed by atoms with Gasteiger partial charge >= 0.3 is 0 Å². The minimum absolute atomic E-state index is 0.156. The Morgan fingerprint density at radius 1 is 1.29 bits per heavy atom. The summed E-state index contributed by atoms with van der Waals surface area (Å²) in [4.78, 5) is 0. The lowest BCUT2D eigenvalue weighted by atomic mass is 9.98. The molecule has 0 aliphatic rings. The third-order valence-corrected chi connectivity index (χ3v) is 3.72. The highest BCUT2D eigenvalue weighted by Gasteiger charge is 2.15. The number of rotatable bonds is 5. The fourth-order valence-corrected chi connectivity index (χ4v) is 2.29. The minimum Gasteiger partial charge on any atom is -0.165 e. The first-order chi connectivity index (χ1) is 6.75.